The van der Waals surface area contributed by atoms with Crippen LogP contribution in [-0.4, -0.2) is 22.3 Å². The third-order valence-corrected chi connectivity index (χ3v) is 5.05. The molecule has 1 aromatic rings. The highest BCUT2D eigenvalue weighted by atomic mass is 32.1. The van der Waals surface area contributed by atoms with E-state index in [0.717, 1.165) is 13.0 Å². The lowest BCUT2D eigenvalue weighted by molar-refractivity contribution is -0.137. The quantitative estimate of drug-likeness (QED) is 0.872. The topological polar surface area (TPSA) is 46.3 Å². The van der Waals surface area contributed by atoms with Gasteiger partial charge in [0.15, 0.2) is 0 Å². The number of rotatable bonds is 3. The normalized spacial score (nSPS) is 20.2. The minimum Gasteiger partial charge on any atom is -0.393 e. The maximum atomic E-state index is 12.7. The van der Waals surface area contributed by atoms with Gasteiger partial charge in [-0.05, 0) is 36.3 Å². The summed E-state index contributed by atoms with van der Waals surface area (Å²) in [6.45, 7) is 6.83. The van der Waals surface area contributed by atoms with Crippen molar-refractivity contribution in [1.29, 1.82) is 0 Å². The molecule has 0 aromatic carbocycles. The average molecular weight is 296 g/mol. The Balaban J connectivity index is 2.23. The van der Waals surface area contributed by atoms with Crippen LogP contribution in [0.5, 0.6) is 0 Å². The van der Waals surface area contributed by atoms with Crippen LogP contribution in [0, 0.1) is 11.8 Å². The molecule has 3 nitrogen and oxygen atoms in total. The predicted octanol–water partition coefficient (Wildman–Crippen LogP) is 2.75. The molecule has 1 aliphatic rings. The van der Waals surface area contributed by atoms with Gasteiger partial charge in [0.1, 0.15) is 0 Å². The van der Waals surface area contributed by atoms with Crippen molar-refractivity contribution in [3.63, 3.8) is 0 Å². The lowest BCUT2D eigenvalue weighted by Gasteiger charge is -2.36. The first-order valence-electron chi connectivity index (χ1n) is 6.59. The maximum absolute atomic E-state index is 12.7. The van der Waals surface area contributed by atoms with Gasteiger partial charge in [0.2, 0.25) is 5.91 Å². The molecule has 104 valence electrons. The molecule has 1 amide bonds. The van der Waals surface area contributed by atoms with E-state index in [-0.39, 0.29) is 23.8 Å². The molecule has 2 atom stereocenters. The van der Waals surface area contributed by atoms with E-state index >= 15 is 0 Å². The van der Waals surface area contributed by atoms with E-state index in [1.54, 1.807) is 11.3 Å². The molecule has 2 unspecified atom stereocenters. The molecule has 0 radical (unpaired) electrons. The number of nitrogens with two attached hydrogens (primary N) is 1. The number of carbonyl (C=O) groups excluding carboxylic acids is 1. The van der Waals surface area contributed by atoms with Gasteiger partial charge >= 0.3 is 0 Å². The Bertz CT molecular complexity index is 495. The second-order valence-electron chi connectivity index (χ2n) is 5.38. The molecule has 0 fully saturated rings. The minimum atomic E-state index is -0.349. The summed E-state index contributed by atoms with van der Waals surface area (Å²) in [5.41, 5.74) is 7.02. The van der Waals surface area contributed by atoms with Crippen molar-refractivity contribution in [3.05, 3.63) is 21.9 Å². The van der Waals surface area contributed by atoms with Gasteiger partial charge in [0.05, 0.1) is 16.9 Å². The third kappa shape index (κ3) is 2.67. The molecule has 2 rings (SSSR count). The minimum absolute atomic E-state index is 0.0758. The van der Waals surface area contributed by atoms with Crippen LogP contribution < -0.4 is 5.73 Å². The maximum Gasteiger partial charge on any atom is 0.233 e. The van der Waals surface area contributed by atoms with Gasteiger partial charge in [0, 0.05) is 11.4 Å². The van der Waals surface area contributed by atoms with E-state index in [1.807, 2.05) is 18.7 Å². The largest absolute Gasteiger partial charge is 0.393 e. The Labute approximate surface area is 123 Å². The fraction of sp³-hybridized carbons (Fsp3) is 0.571. The second kappa shape index (κ2) is 5.59. The number of thiophene rings is 1. The first kappa shape index (κ1) is 14.5. The van der Waals surface area contributed by atoms with Crippen LogP contribution in [-0.2, 0) is 11.2 Å². The Morgan fingerprint density at radius 2 is 2.26 bits per heavy atom. The molecule has 0 saturated carbocycles. The number of carbonyl (C=O) groups is 1. The molecule has 5 heteroatoms. The van der Waals surface area contributed by atoms with Gasteiger partial charge < -0.3 is 10.6 Å². The van der Waals surface area contributed by atoms with Crippen molar-refractivity contribution in [2.75, 3.05) is 6.54 Å². The molecule has 0 bridgehead atoms. The number of amides is 1. The predicted molar refractivity (Wildman–Crippen MR) is 83.3 cm³/mol. The van der Waals surface area contributed by atoms with Crippen LogP contribution in [0.2, 0.25) is 0 Å². The summed E-state index contributed by atoms with van der Waals surface area (Å²) in [6.07, 6.45) is 0.936. The number of hydrogen-bond donors (Lipinski definition) is 1. The molecule has 2 N–H and O–H groups in total. The Hall–Kier alpha value is -0.940. The highest BCUT2D eigenvalue weighted by Gasteiger charge is 2.35. The second-order valence-corrected chi connectivity index (χ2v) is 6.85. The summed E-state index contributed by atoms with van der Waals surface area (Å²) in [5.74, 6) is -0.134. The fourth-order valence-electron chi connectivity index (χ4n) is 2.72. The Kier molecular flexibility index (Phi) is 4.26. The Morgan fingerprint density at radius 1 is 1.58 bits per heavy atom. The molecule has 2 heterocycles. The van der Waals surface area contributed by atoms with E-state index in [2.05, 4.69) is 18.4 Å². The smallest absolute Gasteiger partial charge is 0.233 e. The van der Waals surface area contributed by atoms with Gasteiger partial charge in [-0.25, -0.2) is 0 Å². The summed E-state index contributed by atoms with van der Waals surface area (Å²) in [7, 11) is 0. The van der Waals surface area contributed by atoms with E-state index in [1.165, 1.54) is 10.4 Å². The molecule has 0 saturated heterocycles. The van der Waals surface area contributed by atoms with Crippen LogP contribution in [0.1, 0.15) is 37.3 Å². The SMILES string of the molecule is CC(C)C(C(=O)N1CCc2sccc2C1C)C(N)=S. The van der Waals surface area contributed by atoms with Gasteiger partial charge in [0.25, 0.3) is 0 Å². The fourth-order valence-corrected chi connectivity index (χ4v) is 4.06. The number of thiocarbonyl (C=S) groups is 1. The van der Waals surface area contributed by atoms with Crippen LogP contribution in [0.4, 0.5) is 0 Å². The molecular formula is C14H20N2OS2. The van der Waals surface area contributed by atoms with E-state index in [0.29, 0.717) is 4.99 Å². The number of nitrogens with zero attached hydrogens (tertiary/aromatic N) is 1. The lowest BCUT2D eigenvalue weighted by atomic mass is 9.91. The van der Waals surface area contributed by atoms with Crippen molar-refractivity contribution in [2.45, 2.75) is 33.2 Å². The van der Waals surface area contributed by atoms with Crippen LogP contribution in [0.3, 0.4) is 0 Å². The van der Waals surface area contributed by atoms with Crippen molar-refractivity contribution in [3.8, 4) is 0 Å². The summed E-state index contributed by atoms with van der Waals surface area (Å²) in [5, 5.41) is 2.10. The van der Waals surface area contributed by atoms with Crippen molar-refractivity contribution in [2.24, 2.45) is 17.6 Å². The average Bonchev–Trinajstić information content (AvgIpc) is 2.77. The van der Waals surface area contributed by atoms with Crippen molar-refractivity contribution in [1.82, 2.24) is 4.90 Å². The molecule has 1 aromatic heterocycles. The van der Waals surface area contributed by atoms with Crippen LogP contribution in [0.15, 0.2) is 11.4 Å². The summed E-state index contributed by atoms with van der Waals surface area (Å²) >= 11 is 6.85. The van der Waals surface area contributed by atoms with Gasteiger partial charge in [-0.15, -0.1) is 11.3 Å². The summed E-state index contributed by atoms with van der Waals surface area (Å²) in [4.78, 5) is 16.3. The lowest BCUT2D eigenvalue weighted by Crippen LogP contribution is -2.46. The molecule has 0 aliphatic carbocycles. The van der Waals surface area contributed by atoms with Crippen LogP contribution in [0.25, 0.3) is 0 Å². The monoisotopic (exact) mass is 296 g/mol. The molecule has 1 aliphatic heterocycles. The standard InChI is InChI=1S/C14H20N2OS2/c1-8(2)12(13(15)18)14(17)16-6-4-11-10(9(16)3)5-7-19-11/h5,7-9,12H,4,6H2,1-3H3,(H2,15,18). The van der Waals surface area contributed by atoms with Gasteiger partial charge in [-0.3, -0.25) is 4.79 Å². The van der Waals surface area contributed by atoms with Crippen molar-refractivity contribution < 1.29 is 4.79 Å². The molecular weight excluding hydrogens is 276 g/mol. The zero-order valence-corrected chi connectivity index (χ0v) is 13.2. The first-order chi connectivity index (χ1) is 8.93. The van der Waals surface area contributed by atoms with E-state index < -0.39 is 0 Å². The van der Waals surface area contributed by atoms with Gasteiger partial charge in [-0.1, -0.05) is 26.1 Å². The van der Waals surface area contributed by atoms with Crippen molar-refractivity contribution >= 4 is 34.5 Å². The van der Waals surface area contributed by atoms with Crippen LogP contribution >= 0.6 is 23.6 Å². The third-order valence-electron chi connectivity index (χ3n) is 3.80. The highest BCUT2D eigenvalue weighted by molar-refractivity contribution is 7.80. The number of fused-ring (bicyclic) bond motifs is 1. The first-order valence-corrected chi connectivity index (χ1v) is 7.88. The molecule has 19 heavy (non-hydrogen) atoms. The Morgan fingerprint density at radius 3 is 2.84 bits per heavy atom. The zero-order chi connectivity index (χ0) is 14.2. The summed E-state index contributed by atoms with van der Waals surface area (Å²) < 4.78 is 0. The highest BCUT2D eigenvalue weighted by Crippen LogP contribution is 2.34. The number of hydrogen-bond acceptors (Lipinski definition) is 3. The summed E-state index contributed by atoms with van der Waals surface area (Å²) in [6, 6.07) is 2.24. The molecule has 0 spiro atoms. The zero-order valence-electron chi connectivity index (χ0n) is 11.6. The van der Waals surface area contributed by atoms with E-state index in [9.17, 15) is 4.79 Å². The van der Waals surface area contributed by atoms with E-state index in [4.69, 9.17) is 18.0 Å². The van der Waals surface area contributed by atoms with Gasteiger partial charge in [-0.2, -0.15) is 0 Å².